The largest absolute Gasteiger partial charge is 0.389 e. The number of hydrogen-bond donors (Lipinski definition) is 0. The van der Waals surface area contributed by atoms with E-state index in [0.29, 0.717) is 23.7 Å². The zero-order valence-electron chi connectivity index (χ0n) is 13.4. The number of aryl methyl sites for hydroxylation is 1. The van der Waals surface area contributed by atoms with E-state index < -0.39 is 12.6 Å². The Bertz CT molecular complexity index is 528. The van der Waals surface area contributed by atoms with Crippen LogP contribution in [0.5, 0.6) is 0 Å². The van der Waals surface area contributed by atoms with Crippen molar-refractivity contribution in [1.29, 1.82) is 0 Å². The molecule has 1 aromatic heterocycles. The molecule has 1 aromatic rings. The molecular weight excluding hydrogens is 305 g/mol. The van der Waals surface area contributed by atoms with Crippen LogP contribution in [-0.2, 0) is 6.42 Å². The molecule has 0 N–H and O–H groups in total. The number of hydrogen-bond acceptors (Lipinski definition) is 4. The molecule has 1 atom stereocenters. The Morgan fingerprint density at radius 2 is 2.04 bits per heavy atom. The van der Waals surface area contributed by atoms with Crippen molar-refractivity contribution in [2.75, 3.05) is 24.5 Å². The van der Waals surface area contributed by atoms with Crippen LogP contribution in [0, 0.1) is 0 Å². The fourth-order valence-electron chi connectivity index (χ4n) is 3.44. The number of likely N-dealkylation sites (tertiary alicyclic amines) is 1. The van der Waals surface area contributed by atoms with Crippen LogP contribution >= 0.6 is 0 Å². The summed E-state index contributed by atoms with van der Waals surface area (Å²) in [7, 11) is 0. The zero-order valence-corrected chi connectivity index (χ0v) is 13.4. The van der Waals surface area contributed by atoms with Crippen molar-refractivity contribution in [2.45, 2.75) is 57.3 Å². The van der Waals surface area contributed by atoms with Crippen LogP contribution in [0.15, 0.2) is 12.3 Å². The molecule has 0 spiro atoms. The monoisotopic (exact) mass is 328 g/mol. The van der Waals surface area contributed by atoms with Gasteiger partial charge in [-0.15, -0.1) is 0 Å². The molecule has 0 amide bonds. The fourth-order valence-corrected chi connectivity index (χ4v) is 3.44. The van der Waals surface area contributed by atoms with Crippen LogP contribution in [0.4, 0.5) is 19.1 Å². The lowest BCUT2D eigenvalue weighted by atomic mass is 9.98. The molecule has 0 aromatic carbocycles. The number of anilines is 1. The van der Waals surface area contributed by atoms with Gasteiger partial charge in [-0.05, 0) is 38.8 Å². The predicted octanol–water partition coefficient (Wildman–Crippen LogP) is 3.03. The summed E-state index contributed by atoms with van der Waals surface area (Å²) in [4.78, 5) is 13.1. The van der Waals surface area contributed by atoms with Gasteiger partial charge in [0, 0.05) is 43.5 Å². The fraction of sp³-hybridized carbons (Fsp3) is 0.750. The Morgan fingerprint density at radius 1 is 1.26 bits per heavy atom. The molecule has 2 aliphatic rings. The van der Waals surface area contributed by atoms with Crippen LogP contribution < -0.4 is 4.90 Å². The van der Waals surface area contributed by atoms with Gasteiger partial charge in [0.05, 0.1) is 0 Å². The van der Waals surface area contributed by atoms with Crippen LogP contribution in [0.25, 0.3) is 0 Å². The van der Waals surface area contributed by atoms with Crippen molar-refractivity contribution in [1.82, 2.24) is 14.9 Å². The number of piperidine rings is 1. The van der Waals surface area contributed by atoms with Crippen molar-refractivity contribution < 1.29 is 13.2 Å². The van der Waals surface area contributed by atoms with E-state index in [0.717, 1.165) is 19.6 Å². The van der Waals surface area contributed by atoms with E-state index in [2.05, 4.69) is 26.7 Å². The van der Waals surface area contributed by atoms with E-state index in [4.69, 9.17) is 0 Å². The Hall–Kier alpha value is -1.37. The van der Waals surface area contributed by atoms with Crippen molar-refractivity contribution in [2.24, 2.45) is 0 Å². The Morgan fingerprint density at radius 3 is 2.74 bits per heavy atom. The summed E-state index contributed by atoms with van der Waals surface area (Å²) in [5.41, 5.74) is 0.460. The summed E-state index contributed by atoms with van der Waals surface area (Å²) in [6, 6.07) is 2.71. The second-order valence-electron chi connectivity index (χ2n) is 6.60. The van der Waals surface area contributed by atoms with Gasteiger partial charge in [-0.25, -0.2) is 9.97 Å². The third kappa shape index (κ3) is 4.13. The van der Waals surface area contributed by atoms with Gasteiger partial charge in [0.15, 0.2) is 0 Å². The molecule has 2 aliphatic heterocycles. The minimum absolute atomic E-state index is 0.0839. The number of nitrogens with zero attached hydrogens (tertiary/aromatic N) is 4. The summed E-state index contributed by atoms with van der Waals surface area (Å²) >= 11 is 0. The van der Waals surface area contributed by atoms with E-state index in [1.807, 2.05) is 0 Å². The lowest BCUT2D eigenvalue weighted by molar-refractivity contribution is -0.134. The summed E-state index contributed by atoms with van der Waals surface area (Å²) in [5.74, 6) is 0.561. The van der Waals surface area contributed by atoms with Crippen LogP contribution in [0.2, 0.25) is 0 Å². The number of halogens is 3. The van der Waals surface area contributed by atoms with E-state index in [-0.39, 0.29) is 6.42 Å². The zero-order chi connectivity index (χ0) is 16.4. The third-order valence-electron chi connectivity index (χ3n) is 4.83. The van der Waals surface area contributed by atoms with Crippen LogP contribution in [0.3, 0.4) is 0 Å². The van der Waals surface area contributed by atoms with Gasteiger partial charge >= 0.3 is 6.18 Å². The SMILES string of the molecule is C[C@@H]1CCCCN1C1CN(c2nccc(CCC(F)(F)F)n2)C1. The molecule has 2 saturated heterocycles. The average molecular weight is 328 g/mol. The van der Waals surface area contributed by atoms with Gasteiger partial charge in [0.25, 0.3) is 0 Å². The van der Waals surface area contributed by atoms with Gasteiger partial charge in [0.1, 0.15) is 0 Å². The summed E-state index contributed by atoms with van der Waals surface area (Å²) in [5, 5.41) is 0. The maximum atomic E-state index is 12.3. The molecular formula is C16H23F3N4. The molecule has 3 heterocycles. The molecule has 0 unspecified atom stereocenters. The summed E-state index contributed by atoms with van der Waals surface area (Å²) < 4.78 is 36.9. The molecule has 23 heavy (non-hydrogen) atoms. The minimum Gasteiger partial charge on any atom is -0.338 e. The van der Waals surface area contributed by atoms with Crippen LogP contribution in [-0.4, -0.2) is 52.8 Å². The van der Waals surface area contributed by atoms with Gasteiger partial charge in [0.2, 0.25) is 5.95 Å². The molecule has 0 radical (unpaired) electrons. The Kier molecular flexibility index (Phi) is 4.75. The van der Waals surface area contributed by atoms with Crippen molar-refractivity contribution in [3.8, 4) is 0 Å². The first-order valence-corrected chi connectivity index (χ1v) is 8.32. The minimum atomic E-state index is -4.14. The number of rotatable bonds is 4. The molecule has 128 valence electrons. The first kappa shape index (κ1) is 16.5. The van der Waals surface area contributed by atoms with Crippen LogP contribution in [0.1, 0.15) is 38.3 Å². The highest BCUT2D eigenvalue weighted by atomic mass is 19.4. The van der Waals surface area contributed by atoms with Gasteiger partial charge in [-0.3, -0.25) is 4.90 Å². The highest BCUT2D eigenvalue weighted by Crippen LogP contribution is 2.27. The topological polar surface area (TPSA) is 32.3 Å². The van der Waals surface area contributed by atoms with E-state index >= 15 is 0 Å². The first-order valence-electron chi connectivity index (χ1n) is 8.32. The quantitative estimate of drug-likeness (QED) is 0.850. The smallest absolute Gasteiger partial charge is 0.338 e. The predicted molar refractivity (Wildman–Crippen MR) is 82.4 cm³/mol. The standard InChI is InChI=1S/C16H23F3N4/c1-12-4-2-3-9-23(12)14-10-22(11-14)15-20-8-6-13(21-15)5-7-16(17,18)19/h6,8,12,14H,2-5,7,9-11H2,1H3/t12-/m1/s1. The summed E-state index contributed by atoms with van der Waals surface area (Å²) in [6.45, 7) is 5.16. The van der Waals surface area contributed by atoms with E-state index in [1.54, 1.807) is 12.3 Å². The lowest BCUT2D eigenvalue weighted by Gasteiger charge is -2.49. The highest BCUT2D eigenvalue weighted by Gasteiger charge is 2.36. The van der Waals surface area contributed by atoms with Gasteiger partial charge < -0.3 is 4.90 Å². The summed E-state index contributed by atoms with van der Waals surface area (Å²) in [6.07, 6.45) is 0.307. The Balaban J connectivity index is 1.55. The average Bonchev–Trinajstić information content (AvgIpc) is 2.45. The maximum absolute atomic E-state index is 12.3. The molecule has 0 saturated carbocycles. The van der Waals surface area contributed by atoms with E-state index in [1.165, 1.54) is 19.3 Å². The Labute approximate surface area is 134 Å². The second-order valence-corrected chi connectivity index (χ2v) is 6.60. The molecule has 4 nitrogen and oxygen atoms in total. The highest BCUT2D eigenvalue weighted by molar-refractivity contribution is 5.36. The lowest BCUT2D eigenvalue weighted by Crippen LogP contribution is -2.62. The second kappa shape index (κ2) is 6.63. The first-order chi connectivity index (χ1) is 10.9. The normalized spacial score (nSPS) is 23.8. The van der Waals surface area contributed by atoms with Crippen molar-refractivity contribution >= 4 is 5.95 Å². The van der Waals surface area contributed by atoms with Gasteiger partial charge in [-0.2, -0.15) is 13.2 Å². The van der Waals surface area contributed by atoms with Crippen molar-refractivity contribution in [3.63, 3.8) is 0 Å². The number of alkyl halides is 3. The molecule has 0 bridgehead atoms. The molecule has 3 rings (SSSR count). The molecule has 7 heteroatoms. The molecule has 2 fully saturated rings. The van der Waals surface area contributed by atoms with Gasteiger partial charge in [-0.1, -0.05) is 6.42 Å². The number of aromatic nitrogens is 2. The molecule has 0 aliphatic carbocycles. The van der Waals surface area contributed by atoms with E-state index in [9.17, 15) is 13.2 Å². The van der Waals surface area contributed by atoms with Crippen molar-refractivity contribution in [3.05, 3.63) is 18.0 Å². The third-order valence-corrected chi connectivity index (χ3v) is 4.83. The maximum Gasteiger partial charge on any atom is 0.389 e.